The minimum absolute atomic E-state index is 0.832. The van der Waals surface area contributed by atoms with Gasteiger partial charge in [-0.1, -0.05) is 127 Å². The summed E-state index contributed by atoms with van der Waals surface area (Å²) in [5, 5.41) is 12.0. The van der Waals surface area contributed by atoms with Gasteiger partial charge in [-0.15, -0.1) is 0 Å². The first-order valence-corrected chi connectivity index (χ1v) is 17.1. The van der Waals surface area contributed by atoms with Gasteiger partial charge in [-0.05, 0) is 51.9 Å². The Balaban J connectivity index is 1.35. The van der Waals surface area contributed by atoms with Crippen LogP contribution in [0.3, 0.4) is 0 Å². The number of nitrogens with zero attached hydrogens (tertiary/aromatic N) is 4. The smallest absolute Gasteiger partial charge is 0.165 e. The molecule has 0 N–H and O–H groups in total. The molecule has 0 atom stereocenters. The molecular formula is C46H26N4. The van der Waals surface area contributed by atoms with Crippen molar-refractivity contribution in [1.82, 2.24) is 18.9 Å². The van der Waals surface area contributed by atoms with Crippen molar-refractivity contribution in [2.24, 2.45) is 0 Å². The monoisotopic (exact) mass is 634 g/mol. The van der Waals surface area contributed by atoms with Crippen molar-refractivity contribution in [3.05, 3.63) is 158 Å². The molecule has 0 saturated heterocycles. The molecule has 4 aromatic heterocycles. The van der Waals surface area contributed by atoms with Crippen LogP contribution in [0.25, 0.3) is 110 Å². The highest BCUT2D eigenvalue weighted by atomic mass is 15.1. The highest BCUT2D eigenvalue weighted by Gasteiger charge is 2.26. The second-order valence-corrected chi connectivity index (χ2v) is 13.3. The summed E-state index contributed by atoms with van der Waals surface area (Å²) in [6, 6.07) is 56.8. The standard InChI is InChI=1S/C46H26N4/c1-3-14-29-27(11-1)13-9-19-34(29)44-46(48-43-30-15-4-2-12-28(30)23-25-36(43)47-44)50-39-22-10-18-33-31-16-5-7-20-37(31)49-38-21-8-6-17-32(38)35-24-26-40(50)42(41(33)39)45(35)49/h1-26H. The molecular weight excluding hydrogens is 609 g/mol. The molecule has 4 heteroatoms. The maximum Gasteiger partial charge on any atom is 0.165 e. The molecule has 0 spiro atoms. The molecule has 0 unspecified atom stereocenters. The lowest BCUT2D eigenvalue weighted by Crippen LogP contribution is -2.04. The van der Waals surface area contributed by atoms with Gasteiger partial charge in [0.15, 0.2) is 5.82 Å². The van der Waals surface area contributed by atoms with Crippen molar-refractivity contribution < 1.29 is 0 Å². The summed E-state index contributed by atoms with van der Waals surface area (Å²) >= 11 is 0. The van der Waals surface area contributed by atoms with E-state index in [2.05, 4.69) is 167 Å². The van der Waals surface area contributed by atoms with E-state index in [9.17, 15) is 0 Å². The molecule has 0 saturated carbocycles. The topological polar surface area (TPSA) is 35.1 Å². The lowest BCUT2D eigenvalue weighted by atomic mass is 10.0. The Labute approximate surface area is 285 Å². The molecule has 4 nitrogen and oxygen atoms in total. The number of hydrogen-bond donors (Lipinski definition) is 0. The minimum Gasteiger partial charge on any atom is -0.308 e. The zero-order valence-corrected chi connectivity index (χ0v) is 26.8. The van der Waals surface area contributed by atoms with Crippen LogP contribution < -0.4 is 0 Å². The number of benzene rings is 8. The SMILES string of the molecule is c1ccc2c(-c3nc4ccc5ccccc5c4nc3-n3c4cccc5c6ccccc6n6c7ccccc7c7ccc3c(c54)c76)cccc2c1. The number of aromatic nitrogens is 4. The van der Waals surface area contributed by atoms with Crippen molar-refractivity contribution >= 4 is 92.5 Å². The van der Waals surface area contributed by atoms with Crippen LogP contribution in [0, 0.1) is 0 Å². The van der Waals surface area contributed by atoms with E-state index in [-0.39, 0.29) is 0 Å². The minimum atomic E-state index is 0.832. The first-order valence-electron chi connectivity index (χ1n) is 17.1. The third-order valence-corrected chi connectivity index (χ3v) is 10.8. The summed E-state index contributed by atoms with van der Waals surface area (Å²) in [4.78, 5) is 11.2. The number of rotatable bonds is 2. The Hall–Kier alpha value is -6.78. The van der Waals surface area contributed by atoms with Crippen LogP contribution in [0.5, 0.6) is 0 Å². The second kappa shape index (κ2) is 9.43. The second-order valence-electron chi connectivity index (χ2n) is 13.3. The Morgan fingerprint density at radius 1 is 0.380 bits per heavy atom. The van der Waals surface area contributed by atoms with Crippen LogP contribution in [0.4, 0.5) is 0 Å². The van der Waals surface area contributed by atoms with Crippen LogP contribution in [0.15, 0.2) is 158 Å². The predicted octanol–water partition coefficient (Wildman–Crippen LogP) is 11.9. The molecule has 12 aromatic rings. The molecule has 12 rings (SSSR count). The van der Waals surface area contributed by atoms with Crippen molar-refractivity contribution in [3.8, 4) is 17.1 Å². The van der Waals surface area contributed by atoms with E-state index < -0.39 is 0 Å². The molecule has 0 aliphatic rings. The zero-order chi connectivity index (χ0) is 32.5. The quantitative estimate of drug-likeness (QED) is 0.177. The van der Waals surface area contributed by atoms with Gasteiger partial charge < -0.3 is 4.40 Å². The maximum absolute atomic E-state index is 5.66. The van der Waals surface area contributed by atoms with Gasteiger partial charge >= 0.3 is 0 Å². The first kappa shape index (κ1) is 26.2. The summed E-state index contributed by atoms with van der Waals surface area (Å²) in [5.74, 6) is 0.832. The molecule has 0 fully saturated rings. The van der Waals surface area contributed by atoms with Crippen molar-refractivity contribution in [1.29, 1.82) is 0 Å². The van der Waals surface area contributed by atoms with Crippen molar-refractivity contribution in [3.63, 3.8) is 0 Å². The molecule has 0 aliphatic carbocycles. The Bertz CT molecular complexity index is 3380. The van der Waals surface area contributed by atoms with E-state index in [1.807, 2.05) is 0 Å². The van der Waals surface area contributed by atoms with Gasteiger partial charge in [-0.2, -0.15) is 0 Å². The molecule has 0 aliphatic heterocycles. The fourth-order valence-corrected chi connectivity index (χ4v) is 8.75. The van der Waals surface area contributed by atoms with E-state index >= 15 is 0 Å². The molecule has 4 heterocycles. The van der Waals surface area contributed by atoms with Gasteiger partial charge in [-0.25, -0.2) is 9.97 Å². The normalized spacial score (nSPS) is 12.4. The van der Waals surface area contributed by atoms with Gasteiger partial charge in [0.05, 0.1) is 38.6 Å². The molecule has 230 valence electrons. The van der Waals surface area contributed by atoms with Crippen molar-refractivity contribution in [2.75, 3.05) is 0 Å². The van der Waals surface area contributed by atoms with Crippen LogP contribution in [0.1, 0.15) is 0 Å². The Morgan fingerprint density at radius 2 is 0.980 bits per heavy atom. The third kappa shape index (κ3) is 3.25. The third-order valence-electron chi connectivity index (χ3n) is 10.8. The highest BCUT2D eigenvalue weighted by molar-refractivity contribution is 6.33. The summed E-state index contributed by atoms with van der Waals surface area (Å²) in [7, 11) is 0. The molecule has 0 bridgehead atoms. The van der Waals surface area contributed by atoms with E-state index in [0.29, 0.717) is 0 Å². The van der Waals surface area contributed by atoms with Gasteiger partial charge in [0.1, 0.15) is 5.69 Å². The largest absolute Gasteiger partial charge is 0.308 e. The van der Waals surface area contributed by atoms with Gasteiger partial charge in [0.2, 0.25) is 0 Å². The van der Waals surface area contributed by atoms with Crippen LogP contribution in [-0.2, 0) is 0 Å². The number of fused-ring (bicyclic) bond motifs is 10. The van der Waals surface area contributed by atoms with Crippen LogP contribution in [-0.4, -0.2) is 18.9 Å². The Kier molecular flexibility index (Phi) is 4.94. The fourth-order valence-electron chi connectivity index (χ4n) is 8.75. The molecule has 8 aromatic carbocycles. The zero-order valence-electron chi connectivity index (χ0n) is 26.8. The lowest BCUT2D eigenvalue weighted by molar-refractivity contribution is 1.08. The molecule has 50 heavy (non-hydrogen) atoms. The Morgan fingerprint density at radius 3 is 1.80 bits per heavy atom. The van der Waals surface area contributed by atoms with Crippen LogP contribution >= 0.6 is 0 Å². The lowest BCUT2D eigenvalue weighted by Gasteiger charge is -2.16. The number of para-hydroxylation sites is 2. The molecule has 0 amide bonds. The summed E-state index contributed by atoms with van der Waals surface area (Å²) in [6.45, 7) is 0. The average Bonchev–Trinajstić information content (AvgIpc) is 3.65. The fraction of sp³-hybridized carbons (Fsp3) is 0. The van der Waals surface area contributed by atoms with Gasteiger partial charge in [0.25, 0.3) is 0 Å². The molecule has 0 radical (unpaired) electrons. The summed E-state index contributed by atoms with van der Waals surface area (Å²) < 4.78 is 4.87. The predicted molar refractivity (Wildman–Crippen MR) is 209 cm³/mol. The first-order chi connectivity index (χ1) is 24.8. The average molecular weight is 635 g/mol. The summed E-state index contributed by atoms with van der Waals surface area (Å²) in [6.07, 6.45) is 0. The van der Waals surface area contributed by atoms with E-state index in [1.165, 1.54) is 54.3 Å². The van der Waals surface area contributed by atoms with Crippen LogP contribution in [0.2, 0.25) is 0 Å². The van der Waals surface area contributed by atoms with Gasteiger partial charge in [-0.3, -0.25) is 4.57 Å². The number of hydrogen-bond acceptors (Lipinski definition) is 2. The summed E-state index contributed by atoms with van der Waals surface area (Å²) in [5.41, 5.74) is 9.61. The van der Waals surface area contributed by atoms with E-state index in [1.54, 1.807) is 0 Å². The highest BCUT2D eigenvalue weighted by Crippen LogP contribution is 2.46. The maximum atomic E-state index is 5.66. The van der Waals surface area contributed by atoms with E-state index in [0.717, 1.165) is 55.3 Å². The van der Waals surface area contributed by atoms with E-state index in [4.69, 9.17) is 9.97 Å². The van der Waals surface area contributed by atoms with Gasteiger partial charge in [0, 0.05) is 37.9 Å². The van der Waals surface area contributed by atoms with Crippen molar-refractivity contribution in [2.45, 2.75) is 0 Å².